The maximum absolute atomic E-state index is 12.0. The Kier molecular flexibility index (Phi) is 6.02. The molecule has 5 nitrogen and oxygen atoms in total. The first-order valence-electron chi connectivity index (χ1n) is 7.37. The molecule has 0 unspecified atom stereocenters. The molecule has 0 saturated carbocycles. The molecule has 5 heteroatoms. The molecule has 1 saturated heterocycles. The van der Waals surface area contributed by atoms with Gasteiger partial charge in [0, 0.05) is 39.0 Å². The number of carbonyl (C=O) groups is 1. The molecule has 0 aromatic heterocycles. The summed E-state index contributed by atoms with van der Waals surface area (Å²) >= 11 is 0. The quantitative estimate of drug-likeness (QED) is 0.741. The molecule has 1 aliphatic rings. The fourth-order valence-electron chi connectivity index (χ4n) is 2.51. The maximum atomic E-state index is 12.0. The third-order valence-corrected chi connectivity index (χ3v) is 3.75. The van der Waals surface area contributed by atoms with Crippen molar-refractivity contribution in [3.8, 4) is 0 Å². The van der Waals surface area contributed by atoms with Crippen LogP contribution in [0.4, 0.5) is 5.69 Å². The molecule has 2 rings (SSSR count). The highest BCUT2D eigenvalue weighted by molar-refractivity contribution is 5.77. The molecule has 21 heavy (non-hydrogen) atoms. The van der Waals surface area contributed by atoms with Gasteiger partial charge in [-0.05, 0) is 18.6 Å². The molecule has 0 aliphatic carbocycles. The van der Waals surface area contributed by atoms with E-state index >= 15 is 0 Å². The summed E-state index contributed by atoms with van der Waals surface area (Å²) in [5, 5.41) is 0. The van der Waals surface area contributed by atoms with Crippen molar-refractivity contribution in [1.29, 1.82) is 0 Å². The van der Waals surface area contributed by atoms with Crippen molar-refractivity contribution in [2.45, 2.75) is 6.92 Å². The second-order valence-corrected chi connectivity index (χ2v) is 5.20. The highest BCUT2D eigenvalue weighted by Crippen LogP contribution is 2.20. The van der Waals surface area contributed by atoms with Crippen LogP contribution in [0.15, 0.2) is 24.3 Å². The lowest BCUT2D eigenvalue weighted by Gasteiger charge is -2.36. The third kappa shape index (κ3) is 4.44. The normalized spacial score (nSPS) is 15.3. The first-order valence-corrected chi connectivity index (χ1v) is 7.37. The van der Waals surface area contributed by atoms with Gasteiger partial charge in [-0.15, -0.1) is 0 Å². The summed E-state index contributed by atoms with van der Waals surface area (Å²) in [5.74, 6) is 0.0653. The number of nitrogens with zero attached hydrogens (tertiary/aromatic N) is 2. The minimum atomic E-state index is 0.0653. The number of anilines is 1. The molecule has 0 atom stereocenters. The molecule has 1 aromatic rings. The number of amides is 1. The topological polar surface area (TPSA) is 42.0 Å². The van der Waals surface area contributed by atoms with Gasteiger partial charge in [-0.2, -0.15) is 0 Å². The second kappa shape index (κ2) is 8.00. The molecule has 0 N–H and O–H groups in total. The first kappa shape index (κ1) is 15.8. The SMILES string of the molecule is COCCOCC(=O)N1CCN(c2ccccc2C)CC1. The highest BCUT2D eigenvalue weighted by Gasteiger charge is 2.21. The average Bonchev–Trinajstić information content (AvgIpc) is 2.52. The van der Waals surface area contributed by atoms with Gasteiger partial charge in [-0.3, -0.25) is 4.79 Å². The third-order valence-electron chi connectivity index (χ3n) is 3.75. The molecule has 1 heterocycles. The number of benzene rings is 1. The molecule has 1 fully saturated rings. The predicted molar refractivity (Wildman–Crippen MR) is 82.7 cm³/mol. The van der Waals surface area contributed by atoms with Gasteiger partial charge in [0.25, 0.3) is 0 Å². The van der Waals surface area contributed by atoms with Gasteiger partial charge in [0.05, 0.1) is 13.2 Å². The number of hydrogen-bond donors (Lipinski definition) is 0. The predicted octanol–water partition coefficient (Wildman–Crippen LogP) is 1.31. The standard InChI is InChI=1S/C16H24N2O3/c1-14-5-3-4-6-15(14)17-7-9-18(10-8-17)16(19)13-21-12-11-20-2/h3-6H,7-13H2,1-2H3. The zero-order valence-corrected chi connectivity index (χ0v) is 12.9. The van der Waals surface area contributed by atoms with Crippen LogP contribution in [0.1, 0.15) is 5.56 Å². The number of piperazine rings is 1. The van der Waals surface area contributed by atoms with Crippen molar-refractivity contribution in [3.63, 3.8) is 0 Å². The number of methoxy groups -OCH3 is 1. The van der Waals surface area contributed by atoms with Crippen LogP contribution >= 0.6 is 0 Å². The van der Waals surface area contributed by atoms with E-state index in [4.69, 9.17) is 9.47 Å². The van der Waals surface area contributed by atoms with Gasteiger partial charge in [0.1, 0.15) is 6.61 Å². The fraction of sp³-hybridized carbons (Fsp3) is 0.562. The minimum Gasteiger partial charge on any atom is -0.382 e. The lowest BCUT2D eigenvalue weighted by atomic mass is 10.1. The molecule has 0 radical (unpaired) electrons. The van der Waals surface area contributed by atoms with E-state index in [0.29, 0.717) is 13.2 Å². The van der Waals surface area contributed by atoms with Gasteiger partial charge in [-0.25, -0.2) is 0 Å². The van der Waals surface area contributed by atoms with Crippen LogP contribution < -0.4 is 4.90 Å². The summed E-state index contributed by atoms with van der Waals surface area (Å²) in [6.07, 6.45) is 0. The van der Waals surface area contributed by atoms with Crippen LogP contribution in [0, 0.1) is 6.92 Å². The summed E-state index contributed by atoms with van der Waals surface area (Å²) < 4.78 is 10.2. The van der Waals surface area contributed by atoms with Crippen LogP contribution in [0.25, 0.3) is 0 Å². The minimum absolute atomic E-state index is 0.0653. The molecule has 1 aromatic carbocycles. The zero-order chi connectivity index (χ0) is 15.1. The maximum Gasteiger partial charge on any atom is 0.248 e. The summed E-state index contributed by atoms with van der Waals surface area (Å²) in [5.41, 5.74) is 2.54. The van der Waals surface area contributed by atoms with Crippen LogP contribution in [-0.4, -0.2) is 63.9 Å². The van der Waals surface area contributed by atoms with E-state index in [2.05, 4.69) is 36.1 Å². The van der Waals surface area contributed by atoms with Crippen LogP contribution in [-0.2, 0) is 14.3 Å². The van der Waals surface area contributed by atoms with E-state index in [9.17, 15) is 4.79 Å². The Bertz CT molecular complexity index is 457. The highest BCUT2D eigenvalue weighted by atomic mass is 16.5. The Morgan fingerprint density at radius 3 is 2.52 bits per heavy atom. The molecule has 1 aliphatic heterocycles. The molecular formula is C16H24N2O3. The smallest absolute Gasteiger partial charge is 0.248 e. The monoisotopic (exact) mass is 292 g/mol. The van der Waals surface area contributed by atoms with Crippen LogP contribution in [0.5, 0.6) is 0 Å². The van der Waals surface area contributed by atoms with Crippen molar-refractivity contribution < 1.29 is 14.3 Å². The van der Waals surface area contributed by atoms with E-state index in [1.54, 1.807) is 7.11 Å². The Balaban J connectivity index is 1.78. The van der Waals surface area contributed by atoms with Crippen LogP contribution in [0.3, 0.4) is 0 Å². The molecule has 1 amide bonds. The second-order valence-electron chi connectivity index (χ2n) is 5.20. The summed E-state index contributed by atoms with van der Waals surface area (Å²) in [7, 11) is 1.62. The Labute approximate surface area is 126 Å². The van der Waals surface area contributed by atoms with Gasteiger partial charge in [0.15, 0.2) is 0 Å². The fourth-order valence-corrected chi connectivity index (χ4v) is 2.51. The number of para-hydroxylation sites is 1. The van der Waals surface area contributed by atoms with Crippen molar-refractivity contribution in [1.82, 2.24) is 4.90 Å². The van der Waals surface area contributed by atoms with E-state index in [-0.39, 0.29) is 12.5 Å². The number of carbonyl (C=O) groups excluding carboxylic acids is 1. The first-order chi connectivity index (χ1) is 10.2. The largest absolute Gasteiger partial charge is 0.382 e. The molecular weight excluding hydrogens is 268 g/mol. The van der Waals surface area contributed by atoms with Crippen LogP contribution in [0.2, 0.25) is 0 Å². The van der Waals surface area contributed by atoms with E-state index in [0.717, 1.165) is 26.2 Å². The van der Waals surface area contributed by atoms with E-state index in [1.165, 1.54) is 11.3 Å². The number of ether oxygens (including phenoxy) is 2. The lowest BCUT2D eigenvalue weighted by Crippen LogP contribution is -2.50. The molecule has 0 bridgehead atoms. The lowest BCUT2D eigenvalue weighted by molar-refractivity contribution is -0.136. The van der Waals surface area contributed by atoms with Crippen molar-refractivity contribution in [3.05, 3.63) is 29.8 Å². The summed E-state index contributed by atoms with van der Waals surface area (Å²) in [6, 6.07) is 8.37. The van der Waals surface area contributed by atoms with Gasteiger partial charge in [-0.1, -0.05) is 18.2 Å². The van der Waals surface area contributed by atoms with E-state index < -0.39 is 0 Å². The average molecular weight is 292 g/mol. The molecule has 0 spiro atoms. The van der Waals surface area contributed by atoms with Gasteiger partial charge >= 0.3 is 0 Å². The Morgan fingerprint density at radius 2 is 1.86 bits per heavy atom. The summed E-state index contributed by atoms with van der Waals surface area (Å²) in [6.45, 7) is 6.49. The number of hydrogen-bond acceptors (Lipinski definition) is 4. The Hall–Kier alpha value is -1.59. The van der Waals surface area contributed by atoms with E-state index in [1.807, 2.05) is 4.90 Å². The van der Waals surface area contributed by atoms with Gasteiger partial charge < -0.3 is 19.3 Å². The van der Waals surface area contributed by atoms with Crippen molar-refractivity contribution in [2.75, 3.05) is 58.0 Å². The number of aryl methyl sites for hydroxylation is 1. The number of rotatable bonds is 6. The van der Waals surface area contributed by atoms with Crippen molar-refractivity contribution in [2.24, 2.45) is 0 Å². The van der Waals surface area contributed by atoms with Gasteiger partial charge in [0.2, 0.25) is 5.91 Å². The summed E-state index contributed by atoms with van der Waals surface area (Å²) in [4.78, 5) is 16.2. The van der Waals surface area contributed by atoms with Crippen molar-refractivity contribution >= 4 is 11.6 Å². The zero-order valence-electron chi connectivity index (χ0n) is 12.9. The Morgan fingerprint density at radius 1 is 1.14 bits per heavy atom. The molecule has 116 valence electrons.